The monoisotopic (exact) mass is 572 g/mol. The number of carbonyl (C=O) groups excluding carboxylic acids is 2. The van der Waals surface area contributed by atoms with E-state index in [4.69, 9.17) is 9.47 Å². The first kappa shape index (κ1) is 31.1. The van der Waals surface area contributed by atoms with Gasteiger partial charge in [-0.05, 0) is 64.0 Å². The van der Waals surface area contributed by atoms with Gasteiger partial charge in [-0.15, -0.1) is 0 Å². The number of hydrogen-bond donors (Lipinski definition) is 1. The normalized spacial score (nSPS) is 23.5. The quantitative estimate of drug-likeness (QED) is 0.363. The number of benzene rings is 1. The van der Waals surface area contributed by atoms with E-state index in [1.807, 2.05) is 55.9 Å². The highest BCUT2D eigenvalue weighted by Gasteiger charge is 2.48. The second-order valence-electron chi connectivity index (χ2n) is 12.7. The van der Waals surface area contributed by atoms with Crippen molar-refractivity contribution >= 4 is 17.8 Å². The van der Waals surface area contributed by atoms with Crippen LogP contribution < -0.4 is 9.47 Å². The third-order valence-corrected chi connectivity index (χ3v) is 8.93. The second-order valence-corrected chi connectivity index (χ2v) is 12.7. The lowest BCUT2D eigenvalue weighted by molar-refractivity contribution is -0.144. The largest absolute Gasteiger partial charge is 0.481 e. The van der Waals surface area contributed by atoms with E-state index in [2.05, 4.69) is 16.7 Å². The minimum absolute atomic E-state index is 0.0380. The van der Waals surface area contributed by atoms with Gasteiger partial charge in [0.15, 0.2) is 11.5 Å². The van der Waals surface area contributed by atoms with Gasteiger partial charge >= 0.3 is 5.97 Å². The van der Waals surface area contributed by atoms with Crippen molar-refractivity contribution in [3.8, 4) is 11.5 Å². The van der Waals surface area contributed by atoms with Crippen LogP contribution in [-0.4, -0.2) is 115 Å². The van der Waals surface area contributed by atoms with Gasteiger partial charge in [-0.1, -0.05) is 33.3 Å². The smallest absolute Gasteiger partial charge is 0.308 e. The van der Waals surface area contributed by atoms with Crippen LogP contribution in [-0.2, 0) is 14.4 Å². The van der Waals surface area contributed by atoms with Crippen molar-refractivity contribution in [2.45, 2.75) is 64.8 Å². The number of carboxylic acids is 1. The Morgan fingerprint density at radius 3 is 2.49 bits per heavy atom. The van der Waals surface area contributed by atoms with Crippen molar-refractivity contribution in [2.75, 3.05) is 66.7 Å². The fourth-order valence-corrected chi connectivity index (χ4v) is 6.45. The SMILES string of the molecule is CCCCN(CCCN(C)C)C(=O)CN1C[C@H](c2ccc3c(c2)OCO3)C(C(=O)O)[C@@H]1CCN1CCC(C)(C)C1=O. The molecular weight excluding hydrogens is 524 g/mol. The number of carbonyl (C=O) groups is 3. The highest BCUT2D eigenvalue weighted by molar-refractivity contribution is 5.84. The van der Waals surface area contributed by atoms with Crippen LogP contribution in [0.25, 0.3) is 0 Å². The third-order valence-electron chi connectivity index (χ3n) is 8.93. The molecule has 2 fully saturated rings. The average molecular weight is 573 g/mol. The lowest BCUT2D eigenvalue weighted by atomic mass is 9.84. The number of unbranched alkanes of at least 4 members (excludes halogenated alkanes) is 1. The molecule has 41 heavy (non-hydrogen) atoms. The summed E-state index contributed by atoms with van der Waals surface area (Å²) in [4.78, 5) is 47.5. The molecule has 3 atom stereocenters. The van der Waals surface area contributed by atoms with E-state index in [0.29, 0.717) is 50.6 Å². The second kappa shape index (κ2) is 13.4. The van der Waals surface area contributed by atoms with Crippen LogP contribution in [0.4, 0.5) is 0 Å². The van der Waals surface area contributed by atoms with Gasteiger partial charge in [-0.3, -0.25) is 19.3 Å². The molecule has 1 aromatic carbocycles. The van der Waals surface area contributed by atoms with E-state index in [1.165, 1.54) is 0 Å². The van der Waals surface area contributed by atoms with Gasteiger partial charge in [0.25, 0.3) is 0 Å². The van der Waals surface area contributed by atoms with Crippen molar-refractivity contribution < 1.29 is 29.0 Å². The van der Waals surface area contributed by atoms with Crippen molar-refractivity contribution in [1.29, 1.82) is 0 Å². The lowest BCUT2D eigenvalue weighted by Crippen LogP contribution is -2.46. The Hall–Kier alpha value is -2.85. The van der Waals surface area contributed by atoms with Crippen LogP contribution in [0.2, 0.25) is 0 Å². The Balaban J connectivity index is 1.56. The van der Waals surface area contributed by atoms with Crippen LogP contribution in [0.1, 0.15) is 64.4 Å². The van der Waals surface area contributed by atoms with Gasteiger partial charge in [0.1, 0.15) is 0 Å². The Morgan fingerprint density at radius 1 is 1.10 bits per heavy atom. The molecule has 0 radical (unpaired) electrons. The number of ether oxygens (including phenoxy) is 2. The molecule has 1 unspecified atom stereocenters. The highest BCUT2D eigenvalue weighted by atomic mass is 16.7. The summed E-state index contributed by atoms with van der Waals surface area (Å²) < 4.78 is 11.1. The van der Waals surface area contributed by atoms with Gasteiger partial charge in [0, 0.05) is 50.1 Å². The summed E-state index contributed by atoms with van der Waals surface area (Å²) in [6.45, 7) is 10.3. The Morgan fingerprint density at radius 2 is 1.83 bits per heavy atom. The summed E-state index contributed by atoms with van der Waals surface area (Å²) in [5.74, 6) is -0.486. The maximum absolute atomic E-state index is 13.7. The predicted octanol–water partition coefficient (Wildman–Crippen LogP) is 3.11. The Bertz CT molecular complexity index is 1090. The maximum atomic E-state index is 13.7. The molecule has 4 rings (SSSR count). The molecule has 228 valence electrons. The molecule has 1 aromatic rings. The number of rotatable bonds is 14. The molecule has 0 aliphatic carbocycles. The van der Waals surface area contributed by atoms with Crippen LogP contribution in [0, 0.1) is 11.3 Å². The molecule has 0 saturated carbocycles. The number of hydrogen-bond acceptors (Lipinski definition) is 7. The molecule has 3 aliphatic heterocycles. The molecule has 0 bridgehead atoms. The summed E-state index contributed by atoms with van der Waals surface area (Å²) in [7, 11) is 4.06. The standard InChI is InChI=1S/C31H48N4O6/c1-6-7-14-33(15-8-13-32(4)5)27(36)20-35-19-23(22-9-10-25-26(18-22)41-21-40-25)28(29(37)38)24(35)11-16-34-17-12-31(2,3)30(34)39/h9-10,18,23-24,28H,6-8,11-17,19-21H2,1-5H3,(H,37,38)/t23-,24+,28?/m1/s1. The first-order chi connectivity index (χ1) is 19.5. The summed E-state index contributed by atoms with van der Waals surface area (Å²) in [6, 6.07) is 5.25. The Labute approximate surface area is 244 Å². The first-order valence-electron chi connectivity index (χ1n) is 15.1. The maximum Gasteiger partial charge on any atom is 0.308 e. The molecule has 2 saturated heterocycles. The third kappa shape index (κ3) is 7.33. The zero-order valence-corrected chi connectivity index (χ0v) is 25.4. The van der Waals surface area contributed by atoms with Crippen molar-refractivity contribution in [2.24, 2.45) is 11.3 Å². The van der Waals surface area contributed by atoms with Crippen LogP contribution in [0.3, 0.4) is 0 Å². The average Bonchev–Trinajstić information content (AvgIpc) is 3.60. The number of amides is 2. The fourth-order valence-electron chi connectivity index (χ4n) is 6.45. The van der Waals surface area contributed by atoms with Crippen molar-refractivity contribution in [3.63, 3.8) is 0 Å². The van der Waals surface area contributed by atoms with Crippen LogP contribution in [0.5, 0.6) is 11.5 Å². The summed E-state index contributed by atoms with van der Waals surface area (Å²) in [5, 5.41) is 10.5. The zero-order valence-electron chi connectivity index (χ0n) is 25.4. The minimum atomic E-state index is -0.880. The summed E-state index contributed by atoms with van der Waals surface area (Å²) in [6.07, 6.45) is 4.11. The molecule has 1 N–H and O–H groups in total. The summed E-state index contributed by atoms with van der Waals surface area (Å²) >= 11 is 0. The minimum Gasteiger partial charge on any atom is -0.481 e. The predicted molar refractivity (Wildman–Crippen MR) is 156 cm³/mol. The Kier molecular flexibility index (Phi) is 10.2. The fraction of sp³-hybridized carbons (Fsp3) is 0.710. The molecule has 0 aromatic heterocycles. The van der Waals surface area contributed by atoms with Gasteiger partial charge in [-0.2, -0.15) is 0 Å². The van der Waals surface area contributed by atoms with Crippen LogP contribution >= 0.6 is 0 Å². The van der Waals surface area contributed by atoms with E-state index in [9.17, 15) is 19.5 Å². The van der Waals surface area contributed by atoms with E-state index in [-0.39, 0.29) is 42.5 Å². The molecule has 0 spiro atoms. The van der Waals surface area contributed by atoms with E-state index >= 15 is 0 Å². The van der Waals surface area contributed by atoms with Crippen molar-refractivity contribution in [3.05, 3.63) is 23.8 Å². The first-order valence-corrected chi connectivity index (χ1v) is 15.1. The van der Waals surface area contributed by atoms with Crippen molar-refractivity contribution in [1.82, 2.24) is 19.6 Å². The lowest BCUT2D eigenvalue weighted by Gasteiger charge is -2.31. The molecule has 3 heterocycles. The molecule has 3 aliphatic rings. The van der Waals surface area contributed by atoms with E-state index in [0.717, 1.165) is 37.8 Å². The number of aliphatic carboxylic acids is 1. The number of nitrogens with zero attached hydrogens (tertiary/aromatic N) is 4. The highest BCUT2D eigenvalue weighted by Crippen LogP contribution is 2.43. The van der Waals surface area contributed by atoms with Gasteiger partial charge in [0.05, 0.1) is 12.5 Å². The number of carboxylic acid groups (broad SMARTS) is 1. The molecular formula is C31H48N4O6. The molecule has 10 nitrogen and oxygen atoms in total. The molecule has 2 amide bonds. The summed E-state index contributed by atoms with van der Waals surface area (Å²) in [5.41, 5.74) is 0.479. The van der Waals surface area contributed by atoms with Gasteiger partial charge < -0.3 is 29.3 Å². The van der Waals surface area contributed by atoms with Gasteiger partial charge in [-0.25, -0.2) is 0 Å². The topological polar surface area (TPSA) is 103 Å². The van der Waals surface area contributed by atoms with Crippen LogP contribution in [0.15, 0.2) is 18.2 Å². The van der Waals surface area contributed by atoms with Gasteiger partial charge in [0.2, 0.25) is 18.6 Å². The molecule has 10 heteroatoms. The number of likely N-dealkylation sites (tertiary alicyclic amines) is 2. The van der Waals surface area contributed by atoms with E-state index in [1.54, 1.807) is 0 Å². The zero-order chi connectivity index (χ0) is 29.7. The van der Waals surface area contributed by atoms with E-state index < -0.39 is 11.9 Å². The number of fused-ring (bicyclic) bond motifs is 1.